The smallest absolute Gasteiger partial charge is 0.123 e. The molecule has 2 N–H and O–H groups in total. The Hall–Kier alpha value is -1.91. The van der Waals surface area contributed by atoms with E-state index in [1.165, 1.54) is 40.7 Å². The molecule has 2 heterocycles. The van der Waals surface area contributed by atoms with Gasteiger partial charge in [-0.2, -0.15) is 0 Å². The molecule has 1 aliphatic carbocycles. The summed E-state index contributed by atoms with van der Waals surface area (Å²) in [6.45, 7) is 1.09. The second-order valence-electron chi connectivity index (χ2n) is 7.00. The predicted molar refractivity (Wildman–Crippen MR) is 105 cm³/mol. The van der Waals surface area contributed by atoms with Crippen LogP contribution in [0.3, 0.4) is 0 Å². The van der Waals surface area contributed by atoms with E-state index in [1.54, 1.807) is 0 Å². The van der Waals surface area contributed by atoms with Gasteiger partial charge in [0.25, 0.3) is 0 Å². The van der Waals surface area contributed by atoms with E-state index in [1.807, 2.05) is 6.20 Å². The molecular weight excluding hydrogens is 374 g/mol. The number of fused-ring (bicyclic) bond motifs is 3. The number of hydrogen-bond acceptors (Lipinski definition) is 2. The zero-order valence-corrected chi connectivity index (χ0v) is 15.6. The summed E-state index contributed by atoms with van der Waals surface area (Å²) in [6.07, 6.45) is 6.58. The maximum Gasteiger partial charge on any atom is 0.123 e. The number of imidazole rings is 1. The third-order valence-corrected chi connectivity index (χ3v) is 5.92. The summed E-state index contributed by atoms with van der Waals surface area (Å²) >= 11 is 3.59. The van der Waals surface area contributed by atoms with Gasteiger partial charge in [-0.3, -0.25) is 0 Å². The van der Waals surface area contributed by atoms with Gasteiger partial charge in [0.15, 0.2) is 0 Å². The minimum Gasteiger partial charge on any atom is -0.341 e. The fraction of sp³-hybridized carbons (Fsp3) is 0.286. The number of hydrogen-bond donors (Lipinski definition) is 2. The first-order valence-corrected chi connectivity index (χ1v) is 9.77. The van der Waals surface area contributed by atoms with E-state index in [2.05, 4.69) is 67.6 Å². The molecule has 1 atom stereocenters. The predicted octanol–water partition coefficient (Wildman–Crippen LogP) is 5.03. The lowest BCUT2D eigenvalue weighted by atomic mass is 9.84. The van der Waals surface area contributed by atoms with Gasteiger partial charge in [-0.05, 0) is 78.2 Å². The number of rotatable bonds is 2. The zero-order valence-electron chi connectivity index (χ0n) is 14.0. The highest BCUT2D eigenvalue weighted by molar-refractivity contribution is 9.10. The van der Waals surface area contributed by atoms with Crippen molar-refractivity contribution in [1.82, 2.24) is 15.3 Å². The molecule has 1 aliphatic heterocycles. The van der Waals surface area contributed by atoms with E-state index < -0.39 is 0 Å². The van der Waals surface area contributed by atoms with Crippen molar-refractivity contribution in [2.24, 2.45) is 0 Å². The molecular formula is C21H20BrN3. The van der Waals surface area contributed by atoms with Gasteiger partial charge in [-0.15, -0.1) is 0 Å². The SMILES string of the molecule is Brc1ccc2c(c1)CCc1cc(-c3cnc([C@@H]4CCCN4)[nH]3)ccc1-2. The normalized spacial score (nSPS) is 18.8. The quantitative estimate of drug-likeness (QED) is 0.640. The molecule has 5 rings (SSSR count). The van der Waals surface area contributed by atoms with E-state index in [0.717, 1.165) is 35.4 Å². The molecule has 3 nitrogen and oxygen atoms in total. The molecule has 1 fully saturated rings. The number of halogens is 1. The molecule has 1 saturated heterocycles. The monoisotopic (exact) mass is 393 g/mol. The van der Waals surface area contributed by atoms with E-state index in [9.17, 15) is 0 Å². The lowest BCUT2D eigenvalue weighted by Crippen LogP contribution is -2.14. The largest absolute Gasteiger partial charge is 0.341 e. The first kappa shape index (κ1) is 15.4. The maximum absolute atomic E-state index is 4.61. The van der Waals surface area contributed by atoms with Gasteiger partial charge >= 0.3 is 0 Å². The molecule has 0 bridgehead atoms. The summed E-state index contributed by atoms with van der Waals surface area (Å²) in [6, 6.07) is 13.8. The maximum atomic E-state index is 4.61. The average molecular weight is 394 g/mol. The molecule has 4 heteroatoms. The molecule has 126 valence electrons. The van der Waals surface area contributed by atoms with Gasteiger partial charge in [0.05, 0.1) is 17.9 Å². The van der Waals surface area contributed by atoms with Crippen LogP contribution in [0.15, 0.2) is 47.1 Å². The third-order valence-electron chi connectivity index (χ3n) is 5.42. The third kappa shape index (κ3) is 2.74. The summed E-state index contributed by atoms with van der Waals surface area (Å²) in [7, 11) is 0. The van der Waals surface area contributed by atoms with Gasteiger partial charge in [0, 0.05) is 4.47 Å². The molecule has 3 aromatic rings. The zero-order chi connectivity index (χ0) is 16.8. The van der Waals surface area contributed by atoms with Crippen LogP contribution in [0.25, 0.3) is 22.4 Å². The van der Waals surface area contributed by atoms with Crippen molar-refractivity contribution in [3.8, 4) is 22.4 Å². The van der Waals surface area contributed by atoms with Crippen LogP contribution in [0.2, 0.25) is 0 Å². The molecule has 0 radical (unpaired) electrons. The first-order valence-electron chi connectivity index (χ1n) is 8.98. The van der Waals surface area contributed by atoms with Crippen molar-refractivity contribution in [3.63, 3.8) is 0 Å². The Morgan fingerprint density at radius 2 is 1.80 bits per heavy atom. The molecule has 0 spiro atoms. The molecule has 0 unspecified atom stereocenters. The topological polar surface area (TPSA) is 40.7 Å². The van der Waals surface area contributed by atoms with Crippen LogP contribution in [0.1, 0.15) is 35.8 Å². The molecule has 0 amide bonds. The number of nitrogens with zero attached hydrogens (tertiary/aromatic N) is 1. The molecule has 0 saturated carbocycles. The van der Waals surface area contributed by atoms with Crippen LogP contribution in [0, 0.1) is 0 Å². The van der Waals surface area contributed by atoms with E-state index in [0.29, 0.717) is 6.04 Å². The van der Waals surface area contributed by atoms with Crippen LogP contribution < -0.4 is 5.32 Å². The van der Waals surface area contributed by atoms with Crippen LogP contribution in [-0.4, -0.2) is 16.5 Å². The van der Waals surface area contributed by atoms with E-state index in [-0.39, 0.29) is 0 Å². The summed E-state index contributed by atoms with van der Waals surface area (Å²) in [5, 5.41) is 3.51. The van der Waals surface area contributed by atoms with E-state index >= 15 is 0 Å². The number of aryl methyl sites for hydroxylation is 2. The Balaban J connectivity index is 1.50. The minimum atomic E-state index is 0.386. The van der Waals surface area contributed by atoms with Crippen LogP contribution in [0.5, 0.6) is 0 Å². The lowest BCUT2D eigenvalue weighted by molar-refractivity contribution is 0.613. The van der Waals surface area contributed by atoms with Crippen molar-refractivity contribution in [2.45, 2.75) is 31.7 Å². The van der Waals surface area contributed by atoms with Gasteiger partial charge in [0.2, 0.25) is 0 Å². The summed E-state index contributed by atoms with van der Waals surface area (Å²) in [5.41, 5.74) is 7.96. The summed E-state index contributed by atoms with van der Waals surface area (Å²) in [4.78, 5) is 8.13. The Bertz CT molecular complexity index is 938. The Morgan fingerprint density at radius 1 is 1.00 bits per heavy atom. The molecule has 2 aromatic carbocycles. The summed E-state index contributed by atoms with van der Waals surface area (Å²) < 4.78 is 1.16. The van der Waals surface area contributed by atoms with Gasteiger partial charge in [0.1, 0.15) is 5.82 Å². The highest BCUT2D eigenvalue weighted by Gasteiger charge is 2.20. The number of nitrogens with one attached hydrogen (secondary N) is 2. The summed E-state index contributed by atoms with van der Waals surface area (Å²) in [5.74, 6) is 1.07. The van der Waals surface area contributed by atoms with Crippen molar-refractivity contribution >= 4 is 15.9 Å². The lowest BCUT2D eigenvalue weighted by Gasteiger charge is -2.20. The standard InChI is InChI=1S/C21H20BrN3/c22-16-6-8-18-14(11-16)4-3-13-10-15(5-7-17(13)18)20-12-24-21(25-20)19-2-1-9-23-19/h5-8,10-12,19,23H,1-4,9H2,(H,24,25)/t19-/m0/s1. The Morgan fingerprint density at radius 3 is 2.60 bits per heavy atom. The highest BCUT2D eigenvalue weighted by atomic mass is 79.9. The van der Waals surface area contributed by atoms with Gasteiger partial charge in [-0.1, -0.05) is 34.1 Å². The number of aromatic nitrogens is 2. The fourth-order valence-electron chi connectivity index (χ4n) is 4.11. The second kappa shape index (κ2) is 6.11. The van der Waals surface area contributed by atoms with Crippen LogP contribution in [0.4, 0.5) is 0 Å². The van der Waals surface area contributed by atoms with Gasteiger partial charge in [-0.25, -0.2) is 4.98 Å². The Kier molecular flexibility index (Phi) is 3.75. The van der Waals surface area contributed by atoms with Crippen LogP contribution in [-0.2, 0) is 12.8 Å². The van der Waals surface area contributed by atoms with Crippen LogP contribution >= 0.6 is 15.9 Å². The second-order valence-corrected chi connectivity index (χ2v) is 7.92. The van der Waals surface area contributed by atoms with Crippen molar-refractivity contribution in [3.05, 3.63) is 64.0 Å². The average Bonchev–Trinajstić information content (AvgIpc) is 3.32. The molecule has 2 aliphatic rings. The molecule has 1 aromatic heterocycles. The van der Waals surface area contributed by atoms with Crippen molar-refractivity contribution in [2.75, 3.05) is 6.54 Å². The van der Waals surface area contributed by atoms with Crippen molar-refractivity contribution in [1.29, 1.82) is 0 Å². The van der Waals surface area contributed by atoms with Crippen molar-refractivity contribution < 1.29 is 0 Å². The number of benzene rings is 2. The minimum absolute atomic E-state index is 0.386. The number of H-pyrrole nitrogens is 1. The fourth-order valence-corrected chi connectivity index (χ4v) is 4.52. The highest BCUT2D eigenvalue weighted by Crippen LogP contribution is 2.37. The number of aromatic amines is 1. The Labute approximate surface area is 156 Å². The molecule has 25 heavy (non-hydrogen) atoms. The first-order chi connectivity index (χ1) is 12.3. The van der Waals surface area contributed by atoms with E-state index in [4.69, 9.17) is 0 Å². The van der Waals surface area contributed by atoms with Gasteiger partial charge < -0.3 is 10.3 Å².